The van der Waals surface area contributed by atoms with Crippen LogP contribution < -0.4 is 5.32 Å². The second kappa shape index (κ2) is 8.66. The van der Waals surface area contributed by atoms with Crippen molar-refractivity contribution in [2.45, 2.75) is 25.4 Å². The molecule has 0 aliphatic carbocycles. The van der Waals surface area contributed by atoms with E-state index >= 15 is 0 Å². The molecule has 0 bridgehead atoms. The van der Waals surface area contributed by atoms with Gasteiger partial charge in [0, 0.05) is 13.5 Å². The normalized spacial score (nSPS) is 10.8. The molecule has 1 heterocycles. The van der Waals surface area contributed by atoms with E-state index in [1.54, 1.807) is 24.3 Å². The van der Waals surface area contributed by atoms with Crippen molar-refractivity contribution >= 4 is 29.3 Å². The number of anilines is 1. The Kier molecular flexibility index (Phi) is 6.58. The van der Waals surface area contributed by atoms with Gasteiger partial charge in [-0.3, -0.25) is 4.79 Å². The van der Waals surface area contributed by atoms with E-state index in [-0.39, 0.29) is 11.7 Å². The van der Waals surface area contributed by atoms with Crippen LogP contribution in [0.5, 0.6) is 0 Å². The maximum Gasteiger partial charge on any atom is 0.339 e. The SMILES string of the molecule is COC(=O)c1ccccc1NC(=O)CSc1nnc(CC(C)C)n1C. The van der Waals surface area contributed by atoms with Crippen molar-refractivity contribution in [3.8, 4) is 0 Å². The number of amides is 1. The largest absolute Gasteiger partial charge is 0.465 e. The number of hydrogen-bond acceptors (Lipinski definition) is 6. The van der Waals surface area contributed by atoms with Crippen LogP contribution in [0.3, 0.4) is 0 Å². The van der Waals surface area contributed by atoms with Gasteiger partial charge in [0.2, 0.25) is 5.91 Å². The molecule has 7 nitrogen and oxygen atoms in total. The van der Waals surface area contributed by atoms with Gasteiger partial charge in [-0.05, 0) is 18.1 Å². The van der Waals surface area contributed by atoms with E-state index in [1.807, 2.05) is 11.6 Å². The molecule has 0 saturated heterocycles. The molecule has 1 aromatic carbocycles. The molecule has 1 aromatic heterocycles. The molecule has 1 N–H and O–H groups in total. The summed E-state index contributed by atoms with van der Waals surface area (Å²) in [6.07, 6.45) is 0.836. The molecule has 0 fully saturated rings. The minimum Gasteiger partial charge on any atom is -0.465 e. The van der Waals surface area contributed by atoms with Crippen LogP contribution in [-0.4, -0.2) is 39.5 Å². The molecule has 0 spiro atoms. The predicted octanol–water partition coefficient (Wildman–Crippen LogP) is 2.53. The Morgan fingerprint density at radius 1 is 1.28 bits per heavy atom. The van der Waals surface area contributed by atoms with Gasteiger partial charge >= 0.3 is 5.97 Å². The zero-order valence-corrected chi connectivity index (χ0v) is 15.6. The first-order valence-electron chi connectivity index (χ1n) is 7.90. The van der Waals surface area contributed by atoms with E-state index in [2.05, 4.69) is 29.4 Å². The van der Waals surface area contributed by atoms with E-state index in [4.69, 9.17) is 4.74 Å². The third-order valence-electron chi connectivity index (χ3n) is 3.45. The minimum absolute atomic E-state index is 0.170. The zero-order valence-electron chi connectivity index (χ0n) is 14.8. The van der Waals surface area contributed by atoms with E-state index < -0.39 is 5.97 Å². The van der Waals surface area contributed by atoms with E-state index in [9.17, 15) is 9.59 Å². The van der Waals surface area contributed by atoms with Gasteiger partial charge in [-0.25, -0.2) is 4.79 Å². The van der Waals surface area contributed by atoms with Gasteiger partial charge in [-0.1, -0.05) is 37.7 Å². The Bertz CT molecular complexity index is 758. The van der Waals surface area contributed by atoms with Crippen molar-refractivity contribution in [2.24, 2.45) is 13.0 Å². The Morgan fingerprint density at radius 3 is 2.68 bits per heavy atom. The first-order chi connectivity index (χ1) is 11.9. The fraction of sp³-hybridized carbons (Fsp3) is 0.412. The minimum atomic E-state index is -0.491. The highest BCUT2D eigenvalue weighted by atomic mass is 32.2. The molecule has 0 saturated carbocycles. The van der Waals surface area contributed by atoms with Crippen LogP contribution in [-0.2, 0) is 23.0 Å². The summed E-state index contributed by atoms with van der Waals surface area (Å²) in [6.45, 7) is 4.24. The van der Waals surface area contributed by atoms with Crippen LogP contribution in [0.15, 0.2) is 29.4 Å². The number of benzene rings is 1. The number of methoxy groups -OCH3 is 1. The highest BCUT2D eigenvalue weighted by Gasteiger charge is 2.15. The number of carbonyl (C=O) groups is 2. The summed E-state index contributed by atoms with van der Waals surface area (Å²) in [7, 11) is 3.20. The Hall–Kier alpha value is -2.35. The summed E-state index contributed by atoms with van der Waals surface area (Å²) in [6, 6.07) is 6.73. The van der Waals surface area contributed by atoms with Gasteiger partial charge in [0.15, 0.2) is 5.16 Å². The predicted molar refractivity (Wildman–Crippen MR) is 96.7 cm³/mol. The van der Waals surface area contributed by atoms with Crippen molar-refractivity contribution in [1.29, 1.82) is 0 Å². The lowest BCUT2D eigenvalue weighted by Crippen LogP contribution is -2.17. The topological polar surface area (TPSA) is 86.1 Å². The standard InChI is InChI=1S/C17H22N4O3S/c1-11(2)9-14-19-20-17(21(14)3)25-10-15(22)18-13-8-6-5-7-12(13)16(23)24-4/h5-8,11H,9-10H2,1-4H3,(H,18,22). The number of esters is 1. The first kappa shape index (κ1) is 19.0. The lowest BCUT2D eigenvalue weighted by atomic mass is 10.1. The number of aromatic nitrogens is 3. The smallest absolute Gasteiger partial charge is 0.339 e. The van der Waals surface area contributed by atoms with Crippen LogP contribution in [0, 0.1) is 5.92 Å². The van der Waals surface area contributed by atoms with Crippen molar-refractivity contribution < 1.29 is 14.3 Å². The Balaban J connectivity index is 1.98. The highest BCUT2D eigenvalue weighted by molar-refractivity contribution is 7.99. The molecule has 0 radical (unpaired) electrons. The summed E-state index contributed by atoms with van der Waals surface area (Å²) in [5, 5.41) is 11.7. The number of nitrogens with zero attached hydrogens (tertiary/aromatic N) is 3. The number of rotatable bonds is 7. The lowest BCUT2D eigenvalue weighted by Gasteiger charge is -2.09. The molecule has 1 amide bonds. The van der Waals surface area contributed by atoms with Crippen LogP contribution in [0.4, 0.5) is 5.69 Å². The third-order valence-corrected chi connectivity index (χ3v) is 4.47. The molecule has 2 rings (SSSR count). The Labute approximate surface area is 151 Å². The van der Waals surface area contributed by atoms with Crippen molar-refractivity contribution in [3.63, 3.8) is 0 Å². The number of para-hydroxylation sites is 1. The molecule has 0 unspecified atom stereocenters. The van der Waals surface area contributed by atoms with Gasteiger partial charge in [-0.2, -0.15) is 0 Å². The summed E-state index contributed by atoms with van der Waals surface area (Å²) in [5.41, 5.74) is 0.750. The van der Waals surface area contributed by atoms with Gasteiger partial charge < -0.3 is 14.6 Å². The summed E-state index contributed by atoms with van der Waals surface area (Å²) >= 11 is 1.30. The maximum atomic E-state index is 12.2. The van der Waals surface area contributed by atoms with Crippen LogP contribution >= 0.6 is 11.8 Å². The van der Waals surface area contributed by atoms with Crippen molar-refractivity contribution in [3.05, 3.63) is 35.7 Å². The van der Waals surface area contributed by atoms with E-state index in [0.717, 1.165) is 12.2 Å². The van der Waals surface area contributed by atoms with Gasteiger partial charge in [0.05, 0.1) is 24.1 Å². The quantitative estimate of drug-likeness (QED) is 0.602. The summed E-state index contributed by atoms with van der Waals surface area (Å²) in [5.74, 6) is 0.834. The van der Waals surface area contributed by atoms with Crippen molar-refractivity contribution in [1.82, 2.24) is 14.8 Å². The highest BCUT2D eigenvalue weighted by Crippen LogP contribution is 2.19. The third kappa shape index (κ3) is 5.06. The molecule has 8 heteroatoms. The summed E-state index contributed by atoms with van der Waals surface area (Å²) < 4.78 is 6.62. The molecular weight excluding hydrogens is 340 g/mol. The molecule has 25 heavy (non-hydrogen) atoms. The van der Waals surface area contributed by atoms with Crippen LogP contribution in [0.2, 0.25) is 0 Å². The average molecular weight is 362 g/mol. The molecular formula is C17H22N4O3S. The second-order valence-electron chi connectivity index (χ2n) is 5.93. The molecule has 0 atom stereocenters. The van der Waals surface area contributed by atoms with E-state index in [1.165, 1.54) is 18.9 Å². The maximum absolute atomic E-state index is 12.2. The van der Waals surface area contributed by atoms with Gasteiger partial charge in [0.1, 0.15) is 5.82 Å². The second-order valence-corrected chi connectivity index (χ2v) is 6.87. The average Bonchev–Trinajstić information content (AvgIpc) is 2.92. The van der Waals surface area contributed by atoms with Gasteiger partial charge in [0.25, 0.3) is 0 Å². The molecule has 0 aliphatic heterocycles. The first-order valence-corrected chi connectivity index (χ1v) is 8.89. The number of hydrogen-bond donors (Lipinski definition) is 1. The summed E-state index contributed by atoms with van der Waals surface area (Å²) in [4.78, 5) is 23.9. The Morgan fingerprint density at radius 2 is 2.00 bits per heavy atom. The number of carbonyl (C=O) groups excluding carboxylic acids is 2. The van der Waals surface area contributed by atoms with Crippen LogP contribution in [0.25, 0.3) is 0 Å². The van der Waals surface area contributed by atoms with E-state index in [0.29, 0.717) is 22.3 Å². The molecule has 0 aliphatic rings. The number of thioether (sulfide) groups is 1. The number of ether oxygens (including phenoxy) is 1. The zero-order chi connectivity index (χ0) is 18.4. The van der Waals surface area contributed by atoms with Crippen molar-refractivity contribution in [2.75, 3.05) is 18.2 Å². The fourth-order valence-corrected chi connectivity index (χ4v) is 2.94. The molecule has 2 aromatic rings. The fourth-order valence-electron chi connectivity index (χ4n) is 2.21. The number of nitrogens with one attached hydrogen (secondary N) is 1. The lowest BCUT2D eigenvalue weighted by molar-refractivity contribution is -0.113. The molecule has 134 valence electrons. The van der Waals surface area contributed by atoms with Gasteiger partial charge in [-0.15, -0.1) is 10.2 Å². The monoisotopic (exact) mass is 362 g/mol. The van der Waals surface area contributed by atoms with Crippen LogP contribution in [0.1, 0.15) is 30.0 Å².